The van der Waals surface area contributed by atoms with E-state index in [2.05, 4.69) is 20.8 Å². The van der Waals surface area contributed by atoms with Crippen LogP contribution in [0, 0.1) is 17.6 Å². The normalized spacial score (nSPS) is 17.4. The van der Waals surface area contributed by atoms with Crippen LogP contribution < -0.4 is 10.6 Å². The lowest BCUT2D eigenvalue weighted by Gasteiger charge is -2.28. The van der Waals surface area contributed by atoms with Gasteiger partial charge in [-0.15, -0.1) is 10.2 Å². The summed E-state index contributed by atoms with van der Waals surface area (Å²) in [6, 6.07) is 10.2. The minimum Gasteiger partial charge on any atom is -0.481 e. The Bertz CT molecular complexity index is 1240. The fourth-order valence-electron chi connectivity index (χ4n) is 4.41. The van der Waals surface area contributed by atoms with Crippen molar-refractivity contribution >= 4 is 39.4 Å². The second-order valence-electron chi connectivity index (χ2n) is 8.81. The number of carbonyl (C=O) groups is 3. The Kier molecular flexibility index (Phi) is 7.99. The zero-order valence-corrected chi connectivity index (χ0v) is 20.0. The molecule has 2 aromatic carbocycles. The molecular weight excluding hydrogens is 490 g/mol. The molecule has 2 amide bonds. The number of rotatable bonds is 8. The average molecular weight is 515 g/mol. The second-order valence-corrected chi connectivity index (χ2v) is 9.78. The van der Waals surface area contributed by atoms with Gasteiger partial charge in [-0.1, -0.05) is 23.5 Å². The maximum atomic E-state index is 13.3. The number of carbonyl (C=O) groups excluding carboxylic acids is 2. The number of aliphatic carboxylic acids is 1. The molecule has 4 rings (SSSR count). The van der Waals surface area contributed by atoms with Crippen molar-refractivity contribution in [3.63, 3.8) is 0 Å². The van der Waals surface area contributed by atoms with E-state index in [1.54, 1.807) is 12.1 Å². The second kappa shape index (κ2) is 11.3. The Morgan fingerprint density at radius 2 is 1.53 bits per heavy atom. The average Bonchev–Trinajstić information content (AvgIpc) is 3.25. The Balaban J connectivity index is 1.28. The molecule has 0 atom stereocenters. The third-order valence-electron chi connectivity index (χ3n) is 6.13. The SMILES string of the molecule is O=C(O)C[C@H]1CC[C@H](c2ccc(C(=O)Nc3nnc(NC(=O)Cc4cc(F)cc(F)c4)s3)cc2)CC1. The standard InChI is InChI=1S/C25H24F2N4O4S/c26-19-9-15(10-20(27)13-19)11-21(32)28-24-30-31-25(36-24)29-23(35)18-7-5-17(6-8-18)16-3-1-14(2-4-16)12-22(33)34/h5-10,13-14,16H,1-4,11-12H2,(H,33,34)(H,28,30,32)(H,29,31,35)/t14-,16-. The van der Waals surface area contributed by atoms with Crippen LogP contribution in [0.1, 0.15) is 59.5 Å². The van der Waals surface area contributed by atoms with Gasteiger partial charge < -0.3 is 10.4 Å². The Morgan fingerprint density at radius 1 is 0.917 bits per heavy atom. The van der Waals surface area contributed by atoms with Crippen LogP contribution >= 0.6 is 11.3 Å². The lowest BCUT2D eigenvalue weighted by atomic mass is 9.77. The van der Waals surface area contributed by atoms with E-state index in [0.717, 1.165) is 60.8 Å². The van der Waals surface area contributed by atoms with Crippen molar-refractivity contribution in [2.45, 2.75) is 44.4 Å². The minimum absolute atomic E-state index is 0.140. The summed E-state index contributed by atoms with van der Waals surface area (Å²) >= 11 is 0.955. The summed E-state index contributed by atoms with van der Waals surface area (Å²) in [4.78, 5) is 35.7. The van der Waals surface area contributed by atoms with Gasteiger partial charge in [0.25, 0.3) is 5.91 Å². The zero-order chi connectivity index (χ0) is 25.7. The Labute approximate surface area is 209 Å². The molecule has 0 radical (unpaired) electrons. The Hall–Kier alpha value is -3.73. The van der Waals surface area contributed by atoms with Gasteiger partial charge in [0.15, 0.2) is 0 Å². The van der Waals surface area contributed by atoms with E-state index >= 15 is 0 Å². The molecule has 3 aromatic rings. The number of benzene rings is 2. The van der Waals surface area contributed by atoms with Crippen LogP contribution in [-0.4, -0.2) is 33.1 Å². The highest BCUT2D eigenvalue weighted by Gasteiger charge is 2.24. The lowest BCUT2D eigenvalue weighted by molar-refractivity contribution is -0.138. The predicted octanol–water partition coefficient (Wildman–Crippen LogP) is 5.00. The molecule has 1 aromatic heterocycles. The van der Waals surface area contributed by atoms with Crippen molar-refractivity contribution < 1.29 is 28.3 Å². The van der Waals surface area contributed by atoms with Gasteiger partial charge in [0.05, 0.1) is 6.42 Å². The fourth-order valence-corrected chi connectivity index (χ4v) is 5.06. The molecule has 0 aliphatic heterocycles. The number of halogens is 2. The molecule has 0 spiro atoms. The van der Waals surface area contributed by atoms with Crippen LogP contribution in [-0.2, 0) is 16.0 Å². The highest BCUT2D eigenvalue weighted by atomic mass is 32.1. The van der Waals surface area contributed by atoms with E-state index < -0.39 is 23.5 Å². The van der Waals surface area contributed by atoms with Crippen molar-refractivity contribution in [2.24, 2.45) is 5.92 Å². The van der Waals surface area contributed by atoms with Crippen molar-refractivity contribution in [1.82, 2.24) is 10.2 Å². The maximum absolute atomic E-state index is 13.3. The molecule has 0 saturated heterocycles. The molecule has 1 saturated carbocycles. The monoisotopic (exact) mass is 514 g/mol. The molecule has 8 nitrogen and oxygen atoms in total. The van der Waals surface area contributed by atoms with E-state index in [9.17, 15) is 23.2 Å². The zero-order valence-electron chi connectivity index (χ0n) is 19.2. The van der Waals surface area contributed by atoms with Gasteiger partial charge in [0.1, 0.15) is 11.6 Å². The summed E-state index contributed by atoms with van der Waals surface area (Å²) < 4.78 is 26.6. The summed E-state index contributed by atoms with van der Waals surface area (Å²) in [5, 5.41) is 22.1. The first-order chi connectivity index (χ1) is 17.2. The summed E-state index contributed by atoms with van der Waals surface area (Å²) in [5.74, 6) is -2.61. The van der Waals surface area contributed by atoms with Crippen molar-refractivity contribution in [3.05, 3.63) is 70.8 Å². The van der Waals surface area contributed by atoms with E-state index in [0.29, 0.717) is 11.5 Å². The third-order valence-corrected chi connectivity index (χ3v) is 6.89. The van der Waals surface area contributed by atoms with Crippen LogP contribution in [0.15, 0.2) is 42.5 Å². The largest absolute Gasteiger partial charge is 0.481 e. The number of aromatic nitrogens is 2. The molecule has 36 heavy (non-hydrogen) atoms. The number of amides is 2. The minimum atomic E-state index is -0.769. The quantitative estimate of drug-likeness (QED) is 0.389. The number of nitrogens with one attached hydrogen (secondary N) is 2. The molecule has 1 aliphatic carbocycles. The Morgan fingerprint density at radius 3 is 2.14 bits per heavy atom. The number of hydrogen-bond donors (Lipinski definition) is 3. The van der Waals surface area contributed by atoms with Gasteiger partial charge in [0, 0.05) is 18.1 Å². The van der Waals surface area contributed by atoms with Gasteiger partial charge in [-0.25, -0.2) is 8.78 Å². The third kappa shape index (κ3) is 6.91. The summed E-state index contributed by atoms with van der Waals surface area (Å²) in [5.41, 5.74) is 1.74. The highest BCUT2D eigenvalue weighted by molar-refractivity contribution is 7.19. The van der Waals surface area contributed by atoms with Crippen molar-refractivity contribution in [2.75, 3.05) is 10.6 Å². The number of anilines is 2. The van der Waals surface area contributed by atoms with E-state index in [4.69, 9.17) is 5.11 Å². The number of nitrogens with zero attached hydrogens (tertiary/aromatic N) is 2. The van der Waals surface area contributed by atoms with Crippen molar-refractivity contribution in [1.29, 1.82) is 0 Å². The van der Waals surface area contributed by atoms with E-state index in [1.165, 1.54) is 0 Å². The summed E-state index contributed by atoms with van der Waals surface area (Å²) in [7, 11) is 0. The number of carboxylic acid groups (broad SMARTS) is 1. The smallest absolute Gasteiger partial charge is 0.303 e. The molecular formula is C25H24F2N4O4S. The van der Waals surface area contributed by atoms with E-state index in [1.807, 2.05) is 12.1 Å². The molecule has 0 bridgehead atoms. The van der Waals surface area contributed by atoms with Gasteiger partial charge in [-0.05, 0) is 72.9 Å². The highest BCUT2D eigenvalue weighted by Crippen LogP contribution is 2.37. The number of hydrogen-bond acceptors (Lipinski definition) is 6. The van der Waals surface area contributed by atoms with Crippen LogP contribution in [0.3, 0.4) is 0 Å². The molecule has 1 fully saturated rings. The van der Waals surface area contributed by atoms with Gasteiger partial charge in [0.2, 0.25) is 16.2 Å². The van der Waals surface area contributed by atoms with Crippen molar-refractivity contribution in [3.8, 4) is 0 Å². The molecule has 1 aliphatic rings. The van der Waals surface area contributed by atoms with E-state index in [-0.39, 0.29) is 40.5 Å². The molecule has 0 unspecified atom stereocenters. The van der Waals surface area contributed by atoms with Crippen LogP contribution in [0.25, 0.3) is 0 Å². The van der Waals surface area contributed by atoms with Crippen LogP contribution in [0.2, 0.25) is 0 Å². The summed E-state index contributed by atoms with van der Waals surface area (Å²) in [6.07, 6.45) is 3.59. The van der Waals surface area contributed by atoms with Crippen LogP contribution in [0.5, 0.6) is 0 Å². The first kappa shape index (κ1) is 25.4. The molecule has 11 heteroatoms. The van der Waals surface area contributed by atoms with Gasteiger partial charge >= 0.3 is 5.97 Å². The van der Waals surface area contributed by atoms with Gasteiger partial charge in [-0.3, -0.25) is 19.7 Å². The lowest BCUT2D eigenvalue weighted by Crippen LogP contribution is -2.16. The topological polar surface area (TPSA) is 121 Å². The number of carboxylic acids is 1. The van der Waals surface area contributed by atoms with Crippen LogP contribution in [0.4, 0.5) is 19.0 Å². The maximum Gasteiger partial charge on any atom is 0.303 e. The first-order valence-electron chi connectivity index (χ1n) is 11.5. The molecule has 188 valence electrons. The first-order valence-corrected chi connectivity index (χ1v) is 12.3. The summed E-state index contributed by atoms with van der Waals surface area (Å²) in [6.45, 7) is 0. The fraction of sp³-hybridized carbons (Fsp3) is 0.320. The molecule has 1 heterocycles. The van der Waals surface area contributed by atoms with Gasteiger partial charge in [-0.2, -0.15) is 0 Å². The molecule has 3 N–H and O–H groups in total. The predicted molar refractivity (Wildman–Crippen MR) is 130 cm³/mol.